The van der Waals surface area contributed by atoms with E-state index in [4.69, 9.17) is 11.2 Å². The molecule has 1 unspecified atom stereocenters. The number of hydroxylamine groups is 1. The van der Waals surface area contributed by atoms with Gasteiger partial charge in [0.1, 0.15) is 12.4 Å². The zero-order chi connectivity index (χ0) is 15.0. The van der Waals surface area contributed by atoms with Crippen LogP contribution in [-0.4, -0.2) is 23.3 Å². The minimum absolute atomic E-state index is 0.150. The van der Waals surface area contributed by atoms with E-state index in [1.807, 2.05) is 6.07 Å². The van der Waals surface area contributed by atoms with Gasteiger partial charge in [0.2, 0.25) is 6.20 Å². The van der Waals surface area contributed by atoms with Gasteiger partial charge in [-0.1, -0.05) is 29.0 Å². The summed E-state index contributed by atoms with van der Waals surface area (Å²) in [7, 11) is 0. The van der Waals surface area contributed by atoms with Crippen molar-refractivity contribution in [3.8, 4) is 18.1 Å². The van der Waals surface area contributed by atoms with Gasteiger partial charge in [-0.3, -0.25) is 4.79 Å². The van der Waals surface area contributed by atoms with Crippen LogP contribution in [0.15, 0.2) is 35.6 Å². The smallest absolute Gasteiger partial charge is 0.210 e. The Hall–Kier alpha value is -2.61. The predicted molar refractivity (Wildman–Crippen MR) is 76.0 cm³/mol. The lowest BCUT2D eigenvalue weighted by molar-refractivity contribution is -0.459. The Morgan fingerprint density at radius 1 is 1.60 bits per heavy atom. The second kappa shape index (κ2) is 7.74. The molecule has 0 spiro atoms. The molecule has 5 nitrogen and oxygen atoms in total. The standard InChI is InChI=1S/C15H16N2O3/c1-4-11-20-15-8-6-5-7-14(15)9-10-17(19)16-12(2)13(3)18/h1,5-10,12H,11H2,2-3H3. The summed E-state index contributed by atoms with van der Waals surface area (Å²) in [5, 5.41) is 15.1. The molecule has 0 radical (unpaired) electrons. The molecule has 0 aliphatic carbocycles. The zero-order valence-corrected chi connectivity index (χ0v) is 11.4. The fraction of sp³-hybridized carbons (Fsp3) is 0.267. The number of para-hydroxylation sites is 1. The first-order valence-electron chi connectivity index (χ1n) is 6.05. The maximum Gasteiger partial charge on any atom is 0.210 e. The van der Waals surface area contributed by atoms with Gasteiger partial charge in [0.05, 0.1) is 0 Å². The van der Waals surface area contributed by atoms with Crippen molar-refractivity contribution in [1.29, 1.82) is 0 Å². The number of benzene rings is 1. The molecule has 0 aliphatic heterocycles. The van der Waals surface area contributed by atoms with Gasteiger partial charge in [0.15, 0.2) is 11.8 Å². The Balaban J connectivity index is 2.85. The van der Waals surface area contributed by atoms with Crippen LogP contribution in [0.25, 0.3) is 6.08 Å². The quantitative estimate of drug-likeness (QED) is 0.346. The number of nitrogens with zero attached hydrogens (tertiary/aromatic N) is 2. The molecule has 1 rings (SSSR count). The normalized spacial score (nSPS) is 12.9. The van der Waals surface area contributed by atoms with E-state index in [2.05, 4.69) is 11.0 Å². The molecule has 0 N–H and O–H groups in total. The van der Waals surface area contributed by atoms with Crippen LogP contribution >= 0.6 is 0 Å². The summed E-state index contributed by atoms with van der Waals surface area (Å²) in [5.74, 6) is 2.78. The van der Waals surface area contributed by atoms with E-state index in [-0.39, 0.29) is 12.4 Å². The molecular formula is C15H16N2O3. The van der Waals surface area contributed by atoms with Gasteiger partial charge in [-0.25, -0.2) is 0 Å². The highest BCUT2D eigenvalue weighted by molar-refractivity contribution is 5.80. The number of hydrogen-bond donors (Lipinski definition) is 0. The largest absolute Gasteiger partial charge is 0.595 e. The first-order valence-corrected chi connectivity index (χ1v) is 6.05. The number of ketones is 1. The van der Waals surface area contributed by atoms with Crippen LogP contribution in [0, 0.1) is 17.6 Å². The van der Waals surface area contributed by atoms with Crippen molar-refractivity contribution >= 4 is 11.9 Å². The lowest BCUT2D eigenvalue weighted by Crippen LogP contribution is -2.12. The van der Waals surface area contributed by atoms with Gasteiger partial charge in [0, 0.05) is 11.6 Å². The van der Waals surface area contributed by atoms with Crippen LogP contribution in [-0.2, 0) is 4.79 Å². The van der Waals surface area contributed by atoms with E-state index in [9.17, 15) is 10.0 Å². The molecule has 1 atom stereocenters. The Kier molecular flexibility index (Phi) is 5.98. The third-order valence-electron chi connectivity index (χ3n) is 2.49. The van der Waals surface area contributed by atoms with Gasteiger partial charge < -0.3 is 9.94 Å². The Morgan fingerprint density at radius 3 is 2.95 bits per heavy atom. The minimum atomic E-state index is -0.662. The number of carbonyl (C=O) groups is 1. The molecule has 0 aliphatic rings. The van der Waals surface area contributed by atoms with Crippen LogP contribution in [0.1, 0.15) is 19.4 Å². The van der Waals surface area contributed by atoms with E-state index < -0.39 is 6.04 Å². The molecular weight excluding hydrogens is 256 g/mol. The van der Waals surface area contributed by atoms with Gasteiger partial charge in [0.25, 0.3) is 0 Å². The predicted octanol–water partition coefficient (Wildman–Crippen LogP) is 2.61. The van der Waals surface area contributed by atoms with Crippen molar-refractivity contribution in [1.82, 2.24) is 0 Å². The topological polar surface area (TPSA) is 64.7 Å². The van der Waals surface area contributed by atoms with Crippen molar-refractivity contribution in [2.45, 2.75) is 19.9 Å². The van der Waals surface area contributed by atoms with Crippen molar-refractivity contribution in [3.05, 3.63) is 41.2 Å². The molecule has 0 fully saturated rings. The average molecular weight is 272 g/mol. The van der Waals surface area contributed by atoms with Crippen molar-refractivity contribution in [2.75, 3.05) is 6.61 Å². The highest BCUT2D eigenvalue weighted by Gasteiger charge is 2.09. The second-order valence-corrected chi connectivity index (χ2v) is 4.05. The Bertz CT molecular complexity index is 571. The molecule has 20 heavy (non-hydrogen) atoms. The van der Waals surface area contributed by atoms with Crippen LogP contribution in [0.5, 0.6) is 5.75 Å². The average Bonchev–Trinajstić information content (AvgIpc) is 2.43. The zero-order valence-electron chi connectivity index (χ0n) is 11.4. The third kappa shape index (κ3) is 4.94. The van der Waals surface area contributed by atoms with E-state index >= 15 is 0 Å². The van der Waals surface area contributed by atoms with Gasteiger partial charge in [-0.15, -0.1) is 6.42 Å². The molecule has 0 aromatic heterocycles. The van der Waals surface area contributed by atoms with E-state index in [1.165, 1.54) is 13.1 Å². The maximum absolute atomic E-state index is 11.5. The molecule has 0 bridgehead atoms. The fourth-order valence-corrected chi connectivity index (χ4v) is 1.30. The number of carbonyl (C=O) groups excluding carboxylic acids is 1. The maximum atomic E-state index is 11.5. The summed E-state index contributed by atoms with van der Waals surface area (Å²) in [4.78, 5) is 11.4. The molecule has 5 heteroatoms. The lowest BCUT2D eigenvalue weighted by Gasteiger charge is -2.05. The SMILES string of the molecule is C#CCOc1ccccc1C=C[N+]([O-])=NC(C)C(C)=O. The fourth-order valence-electron chi connectivity index (χ4n) is 1.30. The number of azo groups is 1. The number of ether oxygens (including phenoxy) is 1. The van der Waals surface area contributed by atoms with E-state index in [1.54, 1.807) is 31.2 Å². The van der Waals surface area contributed by atoms with Gasteiger partial charge in [-0.2, -0.15) is 0 Å². The van der Waals surface area contributed by atoms with Crippen LogP contribution in [0.4, 0.5) is 0 Å². The summed E-state index contributed by atoms with van der Waals surface area (Å²) >= 11 is 0. The van der Waals surface area contributed by atoms with E-state index in [0.717, 1.165) is 0 Å². The molecule has 0 saturated carbocycles. The summed E-state index contributed by atoms with van der Waals surface area (Å²) in [6, 6.07) is 6.49. The van der Waals surface area contributed by atoms with E-state index in [0.29, 0.717) is 16.2 Å². The number of rotatable bonds is 6. The van der Waals surface area contributed by atoms with Crippen molar-refractivity contribution < 1.29 is 14.4 Å². The second-order valence-electron chi connectivity index (χ2n) is 4.05. The number of Topliss-reactive ketones (excluding diaryl/α,β-unsaturated/α-hetero) is 1. The third-order valence-corrected chi connectivity index (χ3v) is 2.49. The molecule has 0 heterocycles. The molecule has 1 aromatic carbocycles. The number of hydrogen-bond acceptors (Lipinski definition) is 4. The van der Waals surface area contributed by atoms with Crippen molar-refractivity contribution in [2.24, 2.45) is 5.11 Å². The van der Waals surface area contributed by atoms with Crippen LogP contribution in [0.3, 0.4) is 0 Å². The number of terminal acetylenes is 1. The van der Waals surface area contributed by atoms with Gasteiger partial charge in [-0.05, 0) is 25.0 Å². The summed E-state index contributed by atoms with van der Waals surface area (Å²) < 4.78 is 5.35. The Labute approximate surface area is 118 Å². The van der Waals surface area contributed by atoms with Crippen LogP contribution < -0.4 is 4.74 Å². The highest BCUT2D eigenvalue weighted by Crippen LogP contribution is 2.19. The molecule has 0 saturated heterocycles. The molecule has 0 amide bonds. The minimum Gasteiger partial charge on any atom is -0.595 e. The molecule has 104 valence electrons. The molecule has 1 aromatic rings. The first kappa shape index (κ1) is 15.4. The Morgan fingerprint density at radius 2 is 2.30 bits per heavy atom. The van der Waals surface area contributed by atoms with Crippen LogP contribution in [0.2, 0.25) is 0 Å². The monoisotopic (exact) mass is 272 g/mol. The summed E-state index contributed by atoms with van der Waals surface area (Å²) in [5.41, 5.74) is 0.703. The van der Waals surface area contributed by atoms with Crippen molar-refractivity contribution in [3.63, 3.8) is 0 Å². The highest BCUT2D eigenvalue weighted by atomic mass is 16.5. The summed E-state index contributed by atoms with van der Waals surface area (Å²) in [6.07, 6.45) is 7.90. The lowest BCUT2D eigenvalue weighted by atomic mass is 10.2. The summed E-state index contributed by atoms with van der Waals surface area (Å²) in [6.45, 7) is 3.09. The van der Waals surface area contributed by atoms with Gasteiger partial charge >= 0.3 is 0 Å². The first-order chi connectivity index (χ1) is 9.54.